The summed E-state index contributed by atoms with van der Waals surface area (Å²) < 4.78 is 1.48. The third-order valence-corrected chi connectivity index (χ3v) is 5.20. The average Bonchev–Trinajstić information content (AvgIpc) is 3.08. The smallest absolute Gasteiger partial charge is 0.255 e. The van der Waals surface area contributed by atoms with Gasteiger partial charge in [0.1, 0.15) is 0 Å². The van der Waals surface area contributed by atoms with Crippen LogP contribution in [0.25, 0.3) is 0 Å². The highest BCUT2D eigenvalue weighted by atomic mass is 16.2. The Labute approximate surface area is 137 Å². The Morgan fingerprint density at radius 3 is 2.61 bits per heavy atom. The Morgan fingerprint density at radius 1 is 1.13 bits per heavy atom. The fourth-order valence-corrected chi connectivity index (χ4v) is 3.79. The first-order chi connectivity index (χ1) is 11.1. The topological polar surface area (TPSA) is 45.6 Å². The molecule has 3 rings (SSSR count). The van der Waals surface area contributed by atoms with Crippen molar-refractivity contribution < 1.29 is 4.79 Å². The predicted octanol–water partition coefficient (Wildman–Crippen LogP) is 1.87. The van der Waals surface area contributed by atoms with E-state index in [9.17, 15) is 9.59 Å². The van der Waals surface area contributed by atoms with Gasteiger partial charge in [-0.1, -0.05) is 0 Å². The third kappa shape index (κ3) is 3.83. The van der Waals surface area contributed by atoms with Gasteiger partial charge in [-0.3, -0.25) is 9.59 Å². The number of hydrogen-bond acceptors (Lipinski definition) is 3. The van der Waals surface area contributed by atoms with E-state index in [4.69, 9.17) is 0 Å². The maximum Gasteiger partial charge on any atom is 0.255 e. The molecule has 5 nitrogen and oxygen atoms in total. The second kappa shape index (κ2) is 7.30. The molecule has 1 amide bonds. The number of likely N-dealkylation sites (tertiary alicyclic amines) is 2. The molecule has 2 aliphatic heterocycles. The van der Waals surface area contributed by atoms with E-state index in [0.717, 1.165) is 32.4 Å². The maximum absolute atomic E-state index is 12.9. The Hall–Kier alpha value is -1.62. The lowest BCUT2D eigenvalue weighted by Crippen LogP contribution is -2.45. The molecule has 23 heavy (non-hydrogen) atoms. The van der Waals surface area contributed by atoms with Crippen LogP contribution in [0.15, 0.2) is 23.1 Å². The third-order valence-electron chi connectivity index (χ3n) is 5.20. The number of carbonyl (C=O) groups excluding carboxylic acids is 1. The quantitative estimate of drug-likeness (QED) is 0.851. The molecule has 2 aliphatic rings. The molecule has 2 fully saturated rings. The van der Waals surface area contributed by atoms with Crippen LogP contribution in [0.2, 0.25) is 0 Å². The lowest BCUT2D eigenvalue weighted by Gasteiger charge is -2.36. The molecule has 2 saturated heterocycles. The molecule has 0 radical (unpaired) electrons. The van der Waals surface area contributed by atoms with E-state index in [1.807, 2.05) is 4.90 Å². The molecule has 126 valence electrons. The normalized spacial score (nSPS) is 22.5. The molecule has 0 N–H and O–H groups in total. The van der Waals surface area contributed by atoms with Gasteiger partial charge in [-0.25, -0.2) is 0 Å². The fourth-order valence-electron chi connectivity index (χ4n) is 3.79. The number of aromatic nitrogens is 1. The van der Waals surface area contributed by atoms with Crippen molar-refractivity contribution in [2.45, 2.75) is 44.6 Å². The van der Waals surface area contributed by atoms with E-state index < -0.39 is 0 Å². The largest absolute Gasteiger partial charge is 0.336 e. The highest BCUT2D eigenvalue weighted by Gasteiger charge is 2.28. The molecular weight excluding hydrogens is 290 g/mol. The van der Waals surface area contributed by atoms with Gasteiger partial charge in [0.05, 0.1) is 5.56 Å². The second-order valence-corrected chi connectivity index (χ2v) is 6.85. The maximum atomic E-state index is 12.9. The van der Waals surface area contributed by atoms with E-state index in [0.29, 0.717) is 11.6 Å². The predicted molar refractivity (Wildman–Crippen MR) is 90.6 cm³/mol. The molecule has 5 heteroatoms. The van der Waals surface area contributed by atoms with Crippen LogP contribution in [0.5, 0.6) is 0 Å². The number of hydrogen-bond donors (Lipinski definition) is 0. The zero-order valence-corrected chi connectivity index (χ0v) is 14.0. The Morgan fingerprint density at radius 2 is 1.87 bits per heavy atom. The molecule has 1 aromatic rings. The van der Waals surface area contributed by atoms with Gasteiger partial charge in [0.15, 0.2) is 0 Å². The van der Waals surface area contributed by atoms with Crippen molar-refractivity contribution in [1.82, 2.24) is 14.4 Å². The summed E-state index contributed by atoms with van der Waals surface area (Å²) in [4.78, 5) is 28.9. The van der Waals surface area contributed by atoms with Crippen molar-refractivity contribution in [1.29, 1.82) is 0 Å². The van der Waals surface area contributed by atoms with Crippen LogP contribution >= 0.6 is 0 Å². The monoisotopic (exact) mass is 317 g/mol. The van der Waals surface area contributed by atoms with Crippen molar-refractivity contribution >= 4 is 5.91 Å². The van der Waals surface area contributed by atoms with E-state index in [-0.39, 0.29) is 11.5 Å². The van der Waals surface area contributed by atoms with Gasteiger partial charge in [0, 0.05) is 38.4 Å². The highest BCUT2D eigenvalue weighted by molar-refractivity contribution is 5.94. The summed E-state index contributed by atoms with van der Waals surface area (Å²) in [6.07, 6.45) is 8.75. The Bertz CT molecular complexity index is 605. The lowest BCUT2D eigenvalue weighted by molar-refractivity contribution is 0.0587. The van der Waals surface area contributed by atoms with Crippen LogP contribution < -0.4 is 5.56 Å². The first-order valence-electron chi connectivity index (χ1n) is 8.85. The van der Waals surface area contributed by atoms with Gasteiger partial charge < -0.3 is 14.4 Å². The zero-order valence-electron chi connectivity index (χ0n) is 14.0. The Kier molecular flexibility index (Phi) is 5.16. The van der Waals surface area contributed by atoms with Crippen LogP contribution in [-0.2, 0) is 7.05 Å². The van der Waals surface area contributed by atoms with Crippen molar-refractivity contribution in [3.05, 3.63) is 34.2 Å². The van der Waals surface area contributed by atoms with Gasteiger partial charge in [-0.15, -0.1) is 0 Å². The minimum atomic E-state index is -0.0780. The van der Waals surface area contributed by atoms with E-state index in [1.165, 1.54) is 43.0 Å². The van der Waals surface area contributed by atoms with Gasteiger partial charge >= 0.3 is 0 Å². The SMILES string of the molecule is Cn1cc(C(=O)N2CCCC[C@H]2CCN2CCCC2)ccc1=O. The molecule has 0 unspecified atom stereocenters. The molecule has 1 aromatic heterocycles. The summed E-state index contributed by atoms with van der Waals surface area (Å²) in [5, 5.41) is 0. The van der Waals surface area contributed by atoms with Crippen LogP contribution in [0.3, 0.4) is 0 Å². The molecule has 0 spiro atoms. The summed E-state index contributed by atoms with van der Waals surface area (Å²) >= 11 is 0. The molecule has 0 saturated carbocycles. The van der Waals surface area contributed by atoms with Crippen molar-refractivity contribution in [2.75, 3.05) is 26.2 Å². The standard InChI is InChI=1S/C18H27N3O2/c1-19-14-15(7-8-17(19)22)18(23)21-12-3-2-6-16(21)9-13-20-10-4-5-11-20/h7-8,14,16H,2-6,9-13H2,1H3/t16-/m0/s1. The summed E-state index contributed by atoms with van der Waals surface area (Å²) in [6.45, 7) is 4.36. The minimum absolute atomic E-state index is 0.0757. The van der Waals surface area contributed by atoms with Crippen LogP contribution in [-0.4, -0.2) is 52.5 Å². The molecular formula is C18H27N3O2. The summed E-state index contributed by atoms with van der Waals surface area (Å²) in [5.74, 6) is 0.0757. The second-order valence-electron chi connectivity index (χ2n) is 6.85. The number of piperidine rings is 1. The molecule has 0 aliphatic carbocycles. The molecule has 1 atom stereocenters. The van der Waals surface area contributed by atoms with E-state index in [1.54, 1.807) is 19.3 Å². The lowest BCUT2D eigenvalue weighted by atomic mass is 9.98. The fraction of sp³-hybridized carbons (Fsp3) is 0.667. The average molecular weight is 317 g/mol. The van der Waals surface area contributed by atoms with Gasteiger partial charge in [-0.2, -0.15) is 0 Å². The van der Waals surface area contributed by atoms with Gasteiger partial charge in [0.2, 0.25) is 5.56 Å². The first-order valence-corrected chi connectivity index (χ1v) is 8.85. The first kappa shape index (κ1) is 16.2. The molecule has 0 aromatic carbocycles. The van der Waals surface area contributed by atoms with Crippen molar-refractivity contribution in [3.8, 4) is 0 Å². The van der Waals surface area contributed by atoms with Crippen molar-refractivity contribution in [2.24, 2.45) is 7.05 Å². The molecule has 3 heterocycles. The number of amides is 1. The number of aryl methyl sites for hydroxylation is 1. The Balaban J connectivity index is 1.67. The highest BCUT2D eigenvalue weighted by Crippen LogP contribution is 2.23. The molecule has 0 bridgehead atoms. The minimum Gasteiger partial charge on any atom is -0.336 e. The number of nitrogens with zero attached hydrogens (tertiary/aromatic N) is 3. The summed E-state index contributed by atoms with van der Waals surface area (Å²) in [7, 11) is 1.69. The van der Waals surface area contributed by atoms with Gasteiger partial charge in [-0.05, 0) is 57.7 Å². The van der Waals surface area contributed by atoms with E-state index in [2.05, 4.69) is 4.90 Å². The van der Waals surface area contributed by atoms with Crippen LogP contribution in [0, 0.1) is 0 Å². The number of carbonyl (C=O) groups is 1. The van der Waals surface area contributed by atoms with E-state index >= 15 is 0 Å². The summed E-state index contributed by atoms with van der Waals surface area (Å²) in [5.41, 5.74) is 0.547. The zero-order chi connectivity index (χ0) is 16.2. The summed E-state index contributed by atoms with van der Waals surface area (Å²) in [6, 6.07) is 3.49. The van der Waals surface area contributed by atoms with Gasteiger partial charge in [0.25, 0.3) is 5.91 Å². The van der Waals surface area contributed by atoms with Crippen LogP contribution in [0.1, 0.15) is 48.9 Å². The number of pyridine rings is 1. The van der Waals surface area contributed by atoms with Crippen molar-refractivity contribution in [3.63, 3.8) is 0 Å². The van der Waals surface area contributed by atoms with Crippen LogP contribution in [0.4, 0.5) is 0 Å². The number of rotatable bonds is 4.